The van der Waals surface area contributed by atoms with Gasteiger partial charge in [0, 0.05) is 30.0 Å². The zero-order chi connectivity index (χ0) is 18.2. The highest BCUT2D eigenvalue weighted by Crippen LogP contribution is 2.17. The van der Waals surface area contributed by atoms with Crippen molar-refractivity contribution in [3.63, 3.8) is 0 Å². The lowest BCUT2D eigenvalue weighted by Gasteiger charge is -2.12. The third kappa shape index (κ3) is 5.46. The molecule has 0 bridgehead atoms. The number of hydrogen-bond donors (Lipinski definition) is 1. The Balaban J connectivity index is 1.47. The number of aromatic nitrogens is 2. The SMILES string of the molecule is O=C(CCOc1cccc(Br)c1)NCc1ccccc1Cn1ccnc1. The summed E-state index contributed by atoms with van der Waals surface area (Å²) in [6, 6.07) is 15.7. The number of hydrogen-bond acceptors (Lipinski definition) is 3. The Morgan fingerprint density at radius 1 is 1.15 bits per heavy atom. The van der Waals surface area contributed by atoms with E-state index in [0.717, 1.165) is 27.9 Å². The number of halogens is 1. The highest BCUT2D eigenvalue weighted by molar-refractivity contribution is 9.10. The smallest absolute Gasteiger partial charge is 0.223 e. The van der Waals surface area contributed by atoms with Crippen LogP contribution in [-0.4, -0.2) is 22.1 Å². The van der Waals surface area contributed by atoms with Gasteiger partial charge in [-0.2, -0.15) is 0 Å². The Kier molecular flexibility index (Phi) is 6.44. The molecule has 1 amide bonds. The normalized spacial score (nSPS) is 10.5. The van der Waals surface area contributed by atoms with Gasteiger partial charge in [0.15, 0.2) is 0 Å². The summed E-state index contributed by atoms with van der Waals surface area (Å²) in [6.07, 6.45) is 5.79. The third-order valence-electron chi connectivity index (χ3n) is 3.90. The van der Waals surface area contributed by atoms with Crippen LogP contribution in [0.4, 0.5) is 0 Å². The maximum absolute atomic E-state index is 12.1. The van der Waals surface area contributed by atoms with Gasteiger partial charge in [-0.25, -0.2) is 4.98 Å². The largest absolute Gasteiger partial charge is 0.493 e. The van der Waals surface area contributed by atoms with E-state index in [1.54, 1.807) is 12.5 Å². The molecule has 0 fully saturated rings. The fourth-order valence-electron chi connectivity index (χ4n) is 2.56. The van der Waals surface area contributed by atoms with Crippen molar-refractivity contribution in [3.8, 4) is 5.75 Å². The molecule has 1 aromatic heterocycles. The molecule has 134 valence electrons. The summed E-state index contributed by atoms with van der Waals surface area (Å²) in [6.45, 7) is 1.58. The van der Waals surface area contributed by atoms with Gasteiger partial charge in [-0.15, -0.1) is 0 Å². The lowest BCUT2D eigenvalue weighted by atomic mass is 10.1. The molecular formula is C20H20BrN3O2. The van der Waals surface area contributed by atoms with Crippen molar-refractivity contribution in [1.29, 1.82) is 0 Å². The Morgan fingerprint density at radius 3 is 2.77 bits per heavy atom. The zero-order valence-electron chi connectivity index (χ0n) is 14.3. The van der Waals surface area contributed by atoms with Gasteiger partial charge in [0.25, 0.3) is 0 Å². The molecule has 0 aliphatic carbocycles. The van der Waals surface area contributed by atoms with E-state index in [1.165, 1.54) is 0 Å². The summed E-state index contributed by atoms with van der Waals surface area (Å²) in [7, 11) is 0. The molecule has 1 N–H and O–H groups in total. The predicted molar refractivity (Wildman–Crippen MR) is 104 cm³/mol. The van der Waals surface area contributed by atoms with Crippen LogP contribution in [-0.2, 0) is 17.9 Å². The number of nitrogens with zero attached hydrogens (tertiary/aromatic N) is 2. The molecule has 0 atom stereocenters. The van der Waals surface area contributed by atoms with E-state index in [-0.39, 0.29) is 5.91 Å². The van der Waals surface area contributed by atoms with Crippen LogP contribution in [0, 0.1) is 0 Å². The first-order valence-electron chi connectivity index (χ1n) is 8.38. The molecule has 3 aromatic rings. The molecule has 3 rings (SSSR count). The van der Waals surface area contributed by atoms with Gasteiger partial charge >= 0.3 is 0 Å². The van der Waals surface area contributed by atoms with Crippen LogP contribution in [0.2, 0.25) is 0 Å². The van der Waals surface area contributed by atoms with Crippen LogP contribution < -0.4 is 10.1 Å². The van der Waals surface area contributed by atoms with Crippen molar-refractivity contribution in [2.45, 2.75) is 19.5 Å². The second-order valence-corrected chi connectivity index (χ2v) is 6.75. The molecule has 0 saturated heterocycles. The number of nitrogens with one attached hydrogen (secondary N) is 1. The molecule has 0 spiro atoms. The first-order chi connectivity index (χ1) is 12.7. The van der Waals surface area contributed by atoms with Gasteiger partial charge in [-0.3, -0.25) is 4.79 Å². The van der Waals surface area contributed by atoms with Crippen molar-refractivity contribution in [3.05, 3.63) is 82.9 Å². The van der Waals surface area contributed by atoms with Crippen molar-refractivity contribution in [1.82, 2.24) is 14.9 Å². The Bertz CT molecular complexity index is 850. The van der Waals surface area contributed by atoms with Crippen molar-refractivity contribution < 1.29 is 9.53 Å². The van der Waals surface area contributed by atoms with E-state index in [0.29, 0.717) is 19.6 Å². The minimum Gasteiger partial charge on any atom is -0.493 e. The number of carbonyl (C=O) groups excluding carboxylic acids is 1. The van der Waals surface area contributed by atoms with Crippen LogP contribution in [0.15, 0.2) is 71.7 Å². The second-order valence-electron chi connectivity index (χ2n) is 5.84. The van der Waals surface area contributed by atoms with Crippen molar-refractivity contribution in [2.24, 2.45) is 0 Å². The number of ether oxygens (including phenoxy) is 1. The van der Waals surface area contributed by atoms with Gasteiger partial charge < -0.3 is 14.6 Å². The first kappa shape index (κ1) is 18.2. The van der Waals surface area contributed by atoms with Gasteiger partial charge in [-0.1, -0.05) is 46.3 Å². The average molecular weight is 414 g/mol. The highest BCUT2D eigenvalue weighted by Gasteiger charge is 2.06. The summed E-state index contributed by atoms with van der Waals surface area (Å²) < 4.78 is 8.56. The number of amides is 1. The summed E-state index contributed by atoms with van der Waals surface area (Å²) in [5.74, 6) is 0.718. The Morgan fingerprint density at radius 2 is 2.00 bits per heavy atom. The molecule has 26 heavy (non-hydrogen) atoms. The molecule has 0 aliphatic heterocycles. The first-order valence-corrected chi connectivity index (χ1v) is 9.17. The van der Waals surface area contributed by atoms with E-state index in [4.69, 9.17) is 4.74 Å². The van der Waals surface area contributed by atoms with Crippen molar-refractivity contribution in [2.75, 3.05) is 6.61 Å². The average Bonchev–Trinajstić information content (AvgIpc) is 3.14. The van der Waals surface area contributed by atoms with Crippen molar-refractivity contribution >= 4 is 21.8 Å². The lowest BCUT2D eigenvalue weighted by molar-refractivity contribution is -0.121. The molecule has 2 aromatic carbocycles. The van der Waals surface area contributed by atoms with Gasteiger partial charge in [0.1, 0.15) is 5.75 Å². The summed E-state index contributed by atoms with van der Waals surface area (Å²) >= 11 is 3.40. The van der Waals surface area contributed by atoms with E-state index in [1.807, 2.05) is 53.2 Å². The monoisotopic (exact) mass is 413 g/mol. The molecule has 0 saturated carbocycles. The van der Waals surface area contributed by atoms with E-state index in [9.17, 15) is 4.79 Å². The lowest BCUT2D eigenvalue weighted by Crippen LogP contribution is -2.25. The zero-order valence-corrected chi connectivity index (χ0v) is 15.9. The third-order valence-corrected chi connectivity index (χ3v) is 4.39. The summed E-state index contributed by atoms with van der Waals surface area (Å²) in [5, 5.41) is 2.96. The molecular weight excluding hydrogens is 394 g/mol. The van der Waals surface area contributed by atoms with Crippen LogP contribution in [0.25, 0.3) is 0 Å². The van der Waals surface area contributed by atoms with Crippen LogP contribution >= 0.6 is 15.9 Å². The van der Waals surface area contributed by atoms with E-state index in [2.05, 4.69) is 32.3 Å². The summed E-state index contributed by atoms with van der Waals surface area (Å²) in [5.41, 5.74) is 2.26. The Hall–Kier alpha value is -2.60. The fourth-order valence-corrected chi connectivity index (χ4v) is 2.94. The number of rotatable bonds is 8. The molecule has 0 radical (unpaired) electrons. The van der Waals surface area contributed by atoms with Gasteiger partial charge in [0.2, 0.25) is 5.91 Å². The predicted octanol–water partition coefficient (Wildman–Crippen LogP) is 3.78. The topological polar surface area (TPSA) is 56.1 Å². The van der Waals surface area contributed by atoms with Gasteiger partial charge in [-0.05, 0) is 29.3 Å². The fraction of sp³-hybridized carbons (Fsp3) is 0.200. The Labute approximate surface area is 161 Å². The molecule has 6 heteroatoms. The van der Waals surface area contributed by atoms with Crippen LogP contribution in [0.3, 0.4) is 0 Å². The summed E-state index contributed by atoms with van der Waals surface area (Å²) in [4.78, 5) is 16.1. The maximum Gasteiger partial charge on any atom is 0.223 e. The van der Waals surface area contributed by atoms with Crippen LogP contribution in [0.1, 0.15) is 17.5 Å². The number of benzene rings is 2. The number of imidazole rings is 1. The highest BCUT2D eigenvalue weighted by atomic mass is 79.9. The maximum atomic E-state index is 12.1. The minimum absolute atomic E-state index is 0.0302. The molecule has 0 aliphatic rings. The molecule has 0 unspecified atom stereocenters. The van der Waals surface area contributed by atoms with E-state index >= 15 is 0 Å². The second kappa shape index (κ2) is 9.20. The molecule has 5 nitrogen and oxygen atoms in total. The standard InChI is InChI=1S/C20H20BrN3O2/c21-18-6-3-7-19(12-18)26-11-8-20(25)23-13-16-4-1-2-5-17(16)14-24-10-9-22-15-24/h1-7,9-10,12,15H,8,11,13-14H2,(H,23,25). The van der Waals surface area contributed by atoms with Gasteiger partial charge in [0.05, 0.1) is 19.4 Å². The quantitative estimate of drug-likeness (QED) is 0.611. The van der Waals surface area contributed by atoms with E-state index < -0.39 is 0 Å². The minimum atomic E-state index is -0.0302. The van der Waals surface area contributed by atoms with Crippen LogP contribution in [0.5, 0.6) is 5.75 Å². The molecule has 1 heterocycles. The number of carbonyl (C=O) groups is 1.